The molecule has 1 rings (SSSR count). The van der Waals surface area contributed by atoms with E-state index in [-0.39, 0.29) is 5.02 Å². The van der Waals surface area contributed by atoms with Gasteiger partial charge < -0.3 is 10.2 Å². The second kappa shape index (κ2) is 3.47. The third-order valence-corrected chi connectivity index (χ3v) is 1.87. The molecule has 0 aliphatic rings. The number of alkyl halides is 2. The van der Waals surface area contributed by atoms with Crippen LogP contribution in [0.2, 0.25) is 5.02 Å². The Labute approximate surface area is 78.4 Å². The van der Waals surface area contributed by atoms with E-state index in [0.717, 1.165) is 6.07 Å². The van der Waals surface area contributed by atoms with Crippen molar-refractivity contribution in [3.05, 3.63) is 28.8 Å². The van der Waals surface area contributed by atoms with Crippen molar-refractivity contribution in [3.63, 3.8) is 0 Å². The van der Waals surface area contributed by atoms with E-state index in [2.05, 4.69) is 0 Å². The zero-order valence-electron chi connectivity index (χ0n) is 6.47. The first-order chi connectivity index (χ1) is 5.99. The van der Waals surface area contributed by atoms with Gasteiger partial charge in [-0.1, -0.05) is 17.7 Å². The molecule has 1 aromatic rings. The minimum Gasteiger partial charge on any atom is -0.507 e. The third kappa shape index (κ3) is 1.89. The molecule has 2 N–H and O–H groups in total. The van der Waals surface area contributed by atoms with E-state index in [9.17, 15) is 8.78 Å². The van der Waals surface area contributed by atoms with Gasteiger partial charge in [0.05, 0.1) is 10.6 Å². The van der Waals surface area contributed by atoms with Crippen molar-refractivity contribution in [3.8, 4) is 5.75 Å². The number of rotatable bonds is 2. The molecule has 0 radical (unpaired) electrons. The predicted octanol–water partition coefficient (Wildman–Crippen LogP) is 2.13. The quantitative estimate of drug-likeness (QED) is 0.782. The van der Waals surface area contributed by atoms with Crippen LogP contribution in [0.25, 0.3) is 0 Å². The molecule has 5 heteroatoms. The largest absolute Gasteiger partial charge is 0.507 e. The van der Waals surface area contributed by atoms with E-state index in [0.29, 0.717) is 0 Å². The maximum atomic E-state index is 12.9. The van der Waals surface area contributed by atoms with Crippen LogP contribution in [0.4, 0.5) is 8.78 Å². The number of halogens is 3. The van der Waals surface area contributed by atoms with Gasteiger partial charge >= 0.3 is 5.92 Å². The number of phenols is 1. The molecule has 0 bridgehead atoms. The van der Waals surface area contributed by atoms with Gasteiger partial charge in [-0.15, -0.1) is 0 Å². The van der Waals surface area contributed by atoms with Crippen LogP contribution < -0.4 is 0 Å². The summed E-state index contributed by atoms with van der Waals surface area (Å²) in [6, 6.07) is 3.65. The summed E-state index contributed by atoms with van der Waals surface area (Å²) in [5.41, 5.74) is -0.737. The van der Waals surface area contributed by atoms with Crippen LogP contribution in [-0.2, 0) is 5.92 Å². The summed E-state index contributed by atoms with van der Waals surface area (Å²) in [5, 5.41) is 17.2. The summed E-state index contributed by atoms with van der Waals surface area (Å²) < 4.78 is 25.8. The average molecular weight is 209 g/mol. The number of aliphatic hydroxyl groups excluding tert-OH is 1. The number of aromatic hydroxyl groups is 1. The van der Waals surface area contributed by atoms with Crippen LogP contribution in [0.5, 0.6) is 5.75 Å². The molecule has 13 heavy (non-hydrogen) atoms. The smallest absolute Gasteiger partial charge is 0.300 e. The molecule has 0 aliphatic heterocycles. The molecule has 0 heterocycles. The molecule has 2 nitrogen and oxygen atoms in total. The highest BCUT2D eigenvalue weighted by molar-refractivity contribution is 6.31. The molecular formula is C8H7ClF2O2. The normalized spacial score (nSPS) is 11.7. The highest BCUT2D eigenvalue weighted by Gasteiger charge is 2.35. The van der Waals surface area contributed by atoms with Gasteiger partial charge in [0.25, 0.3) is 0 Å². The first kappa shape index (κ1) is 10.2. The zero-order chi connectivity index (χ0) is 10.1. The Kier molecular flexibility index (Phi) is 2.73. The van der Waals surface area contributed by atoms with E-state index in [4.69, 9.17) is 21.8 Å². The first-order valence-electron chi connectivity index (χ1n) is 3.45. The van der Waals surface area contributed by atoms with Crippen LogP contribution in [0.1, 0.15) is 5.56 Å². The number of hydrogen-bond donors (Lipinski definition) is 2. The highest BCUT2D eigenvalue weighted by Crippen LogP contribution is 2.38. The van der Waals surface area contributed by atoms with Gasteiger partial charge in [0.15, 0.2) is 0 Å². The molecule has 0 atom stereocenters. The number of phenolic OH excluding ortho intramolecular Hbond substituents is 1. The molecule has 72 valence electrons. The lowest BCUT2D eigenvalue weighted by Gasteiger charge is -2.16. The Morgan fingerprint density at radius 1 is 1.38 bits per heavy atom. The lowest BCUT2D eigenvalue weighted by molar-refractivity contribution is -0.0570. The van der Waals surface area contributed by atoms with E-state index >= 15 is 0 Å². The van der Waals surface area contributed by atoms with Gasteiger partial charge in [-0.3, -0.25) is 0 Å². The second-order valence-electron chi connectivity index (χ2n) is 2.50. The van der Waals surface area contributed by atoms with Gasteiger partial charge in [-0.05, 0) is 12.1 Å². The molecule has 1 aromatic carbocycles. The third-order valence-electron chi connectivity index (χ3n) is 1.56. The van der Waals surface area contributed by atoms with Crippen LogP contribution in [0.3, 0.4) is 0 Å². The van der Waals surface area contributed by atoms with E-state index in [1.807, 2.05) is 0 Å². The molecule has 0 amide bonds. The van der Waals surface area contributed by atoms with Crippen LogP contribution in [-0.4, -0.2) is 16.8 Å². The Bertz CT molecular complexity index is 295. The molecule has 0 aromatic heterocycles. The van der Waals surface area contributed by atoms with Gasteiger partial charge in [0.1, 0.15) is 12.4 Å². The summed E-state index contributed by atoms with van der Waals surface area (Å²) in [7, 11) is 0. The molecule has 0 unspecified atom stereocenters. The number of hydrogen-bond acceptors (Lipinski definition) is 2. The van der Waals surface area contributed by atoms with Crippen LogP contribution in [0.15, 0.2) is 18.2 Å². The summed E-state index contributed by atoms with van der Waals surface area (Å²) in [6.45, 7) is -1.38. The fourth-order valence-corrected chi connectivity index (χ4v) is 1.26. The van der Waals surface area contributed by atoms with Crippen molar-refractivity contribution >= 4 is 11.6 Å². The highest BCUT2D eigenvalue weighted by atomic mass is 35.5. The summed E-state index contributed by atoms with van der Waals surface area (Å²) in [5.74, 6) is -4.13. The Hall–Kier alpha value is -0.870. The SMILES string of the molecule is OCC(F)(F)c1c(O)cccc1Cl. The van der Waals surface area contributed by atoms with Crippen molar-refractivity contribution in [2.24, 2.45) is 0 Å². The topological polar surface area (TPSA) is 40.5 Å². The minimum absolute atomic E-state index is 0.265. The lowest BCUT2D eigenvalue weighted by Crippen LogP contribution is -2.19. The van der Waals surface area contributed by atoms with E-state index < -0.39 is 23.8 Å². The Balaban J connectivity index is 3.28. The molecule has 0 aliphatic carbocycles. The van der Waals surface area contributed by atoms with Crippen LogP contribution in [0, 0.1) is 0 Å². The van der Waals surface area contributed by atoms with Crippen molar-refractivity contribution < 1.29 is 19.0 Å². The Morgan fingerprint density at radius 3 is 2.46 bits per heavy atom. The van der Waals surface area contributed by atoms with Crippen molar-refractivity contribution in [1.29, 1.82) is 0 Å². The standard InChI is InChI=1S/C8H7ClF2O2/c9-5-2-1-3-6(13)7(5)8(10,11)4-12/h1-3,12-13H,4H2. The van der Waals surface area contributed by atoms with Gasteiger partial charge in [0, 0.05) is 0 Å². The maximum Gasteiger partial charge on any atom is 0.300 e. The number of benzene rings is 1. The van der Waals surface area contributed by atoms with Gasteiger partial charge in [-0.25, -0.2) is 0 Å². The predicted molar refractivity (Wildman–Crippen MR) is 44.1 cm³/mol. The van der Waals surface area contributed by atoms with Gasteiger partial charge in [0.2, 0.25) is 0 Å². The van der Waals surface area contributed by atoms with Crippen molar-refractivity contribution in [2.45, 2.75) is 5.92 Å². The lowest BCUT2D eigenvalue weighted by atomic mass is 10.1. The van der Waals surface area contributed by atoms with Gasteiger partial charge in [-0.2, -0.15) is 8.78 Å². The van der Waals surface area contributed by atoms with E-state index in [1.165, 1.54) is 12.1 Å². The molecule has 0 spiro atoms. The van der Waals surface area contributed by atoms with Crippen molar-refractivity contribution in [2.75, 3.05) is 6.61 Å². The molecule has 0 fully saturated rings. The minimum atomic E-state index is -3.51. The number of aliphatic hydroxyl groups is 1. The summed E-state index contributed by atoms with van der Waals surface area (Å²) >= 11 is 5.44. The monoisotopic (exact) mass is 208 g/mol. The Morgan fingerprint density at radius 2 is 2.00 bits per heavy atom. The van der Waals surface area contributed by atoms with E-state index in [1.54, 1.807) is 0 Å². The fourth-order valence-electron chi connectivity index (χ4n) is 0.954. The molecule has 0 saturated carbocycles. The summed E-state index contributed by atoms with van der Waals surface area (Å²) in [6.07, 6.45) is 0. The summed E-state index contributed by atoms with van der Waals surface area (Å²) in [4.78, 5) is 0. The zero-order valence-corrected chi connectivity index (χ0v) is 7.22. The van der Waals surface area contributed by atoms with Crippen LogP contribution >= 0.6 is 11.6 Å². The maximum absolute atomic E-state index is 12.9. The average Bonchev–Trinajstić information content (AvgIpc) is 2.03. The first-order valence-corrected chi connectivity index (χ1v) is 3.83. The van der Waals surface area contributed by atoms with Crippen molar-refractivity contribution in [1.82, 2.24) is 0 Å². The fraction of sp³-hybridized carbons (Fsp3) is 0.250. The molecular weight excluding hydrogens is 202 g/mol. The molecule has 0 saturated heterocycles. The second-order valence-corrected chi connectivity index (χ2v) is 2.90.